The van der Waals surface area contributed by atoms with Crippen molar-refractivity contribution in [3.8, 4) is 0 Å². The van der Waals surface area contributed by atoms with Crippen molar-refractivity contribution in [1.29, 1.82) is 0 Å². The number of anilines is 1. The van der Waals surface area contributed by atoms with E-state index in [1.807, 2.05) is 0 Å². The maximum Gasteiger partial charge on any atom is 0.259 e. The molecule has 2 N–H and O–H groups in total. The number of rotatable bonds is 4. The first-order valence-corrected chi connectivity index (χ1v) is 9.53. The number of carbonyl (C=O) groups is 3. The SMILES string of the molecule is O=C1Nc2ccc(C(=O)NCc3ccncc3)cc2C(=O)C1=Cc1cccc(Cl)c1. The van der Waals surface area contributed by atoms with Crippen molar-refractivity contribution in [2.45, 2.75) is 6.54 Å². The van der Waals surface area contributed by atoms with Crippen molar-refractivity contribution in [3.05, 3.63) is 99.8 Å². The lowest BCUT2D eigenvalue weighted by Crippen LogP contribution is -2.28. The van der Waals surface area contributed by atoms with Crippen molar-refractivity contribution < 1.29 is 14.4 Å². The van der Waals surface area contributed by atoms with Crippen molar-refractivity contribution >= 4 is 41.0 Å². The molecule has 4 rings (SSSR count). The van der Waals surface area contributed by atoms with Gasteiger partial charge in [0.15, 0.2) is 0 Å². The molecule has 6 nitrogen and oxygen atoms in total. The molecule has 0 radical (unpaired) electrons. The standard InChI is InChI=1S/C23H16ClN3O3/c24-17-3-1-2-15(10-17)11-19-21(28)18-12-16(4-5-20(18)27-23(19)30)22(29)26-13-14-6-8-25-9-7-14/h1-12H,13H2,(H,26,29)(H,27,30). The molecule has 148 valence electrons. The number of Topliss-reactive ketones (excluding diaryl/α,β-unsaturated/α-hetero) is 1. The number of hydrogen-bond acceptors (Lipinski definition) is 4. The molecule has 0 unspecified atom stereocenters. The van der Waals surface area contributed by atoms with Crippen LogP contribution in [0.25, 0.3) is 6.08 Å². The third kappa shape index (κ3) is 4.14. The van der Waals surface area contributed by atoms with E-state index in [0.717, 1.165) is 5.56 Å². The fourth-order valence-corrected chi connectivity index (χ4v) is 3.30. The normalized spacial score (nSPS) is 14.2. The molecule has 0 atom stereocenters. The Morgan fingerprint density at radius 2 is 1.87 bits per heavy atom. The van der Waals surface area contributed by atoms with E-state index in [0.29, 0.717) is 28.4 Å². The summed E-state index contributed by atoms with van der Waals surface area (Å²) < 4.78 is 0. The number of amides is 2. The van der Waals surface area contributed by atoms with Crippen LogP contribution in [0.1, 0.15) is 31.8 Å². The van der Waals surface area contributed by atoms with Gasteiger partial charge in [-0.3, -0.25) is 19.4 Å². The number of fused-ring (bicyclic) bond motifs is 1. The maximum absolute atomic E-state index is 13.0. The second kappa shape index (κ2) is 8.31. The first kappa shape index (κ1) is 19.5. The summed E-state index contributed by atoms with van der Waals surface area (Å²) in [5, 5.41) is 6.01. The molecule has 2 heterocycles. The number of benzene rings is 2. The highest BCUT2D eigenvalue weighted by molar-refractivity contribution is 6.36. The fourth-order valence-electron chi connectivity index (χ4n) is 3.10. The molecule has 1 aromatic heterocycles. The zero-order chi connectivity index (χ0) is 21.1. The van der Waals surface area contributed by atoms with Gasteiger partial charge in [-0.05, 0) is 59.7 Å². The fraction of sp³-hybridized carbons (Fsp3) is 0.0435. The maximum atomic E-state index is 13.0. The summed E-state index contributed by atoms with van der Waals surface area (Å²) in [6.45, 7) is 0.336. The van der Waals surface area contributed by atoms with E-state index in [9.17, 15) is 14.4 Å². The summed E-state index contributed by atoms with van der Waals surface area (Å²) in [4.78, 5) is 41.9. The minimum absolute atomic E-state index is 0.0147. The lowest BCUT2D eigenvalue weighted by molar-refractivity contribution is -0.112. The van der Waals surface area contributed by atoms with Crippen LogP contribution in [0.4, 0.5) is 5.69 Å². The van der Waals surface area contributed by atoms with Crippen molar-refractivity contribution in [3.63, 3.8) is 0 Å². The Kier molecular flexibility index (Phi) is 5.41. The molecule has 30 heavy (non-hydrogen) atoms. The summed E-state index contributed by atoms with van der Waals surface area (Å²) >= 11 is 5.98. The van der Waals surface area contributed by atoms with Gasteiger partial charge in [0.1, 0.15) is 0 Å². The minimum Gasteiger partial charge on any atom is -0.348 e. The summed E-state index contributed by atoms with van der Waals surface area (Å²) in [6.07, 6.45) is 4.79. The molecule has 3 aromatic rings. The molecular formula is C23H16ClN3O3. The molecule has 0 saturated carbocycles. The van der Waals surface area contributed by atoms with Crippen LogP contribution in [0.5, 0.6) is 0 Å². The lowest BCUT2D eigenvalue weighted by Gasteiger charge is -2.19. The first-order valence-electron chi connectivity index (χ1n) is 9.16. The van der Waals surface area contributed by atoms with Gasteiger partial charge in [-0.15, -0.1) is 0 Å². The van der Waals surface area contributed by atoms with Gasteiger partial charge in [-0.2, -0.15) is 0 Å². The molecule has 2 amide bonds. The number of halogens is 1. The van der Waals surface area contributed by atoms with Crippen molar-refractivity contribution in [1.82, 2.24) is 10.3 Å². The second-order valence-electron chi connectivity index (χ2n) is 6.69. The van der Waals surface area contributed by atoms with E-state index in [2.05, 4.69) is 15.6 Å². The van der Waals surface area contributed by atoms with Crippen LogP contribution in [0.3, 0.4) is 0 Å². The topological polar surface area (TPSA) is 88.2 Å². The average Bonchev–Trinajstić information content (AvgIpc) is 2.75. The average molecular weight is 418 g/mol. The van der Waals surface area contributed by atoms with Gasteiger partial charge in [-0.1, -0.05) is 23.7 Å². The van der Waals surface area contributed by atoms with Crippen LogP contribution in [0.2, 0.25) is 5.02 Å². The van der Waals surface area contributed by atoms with E-state index in [1.54, 1.807) is 60.9 Å². The van der Waals surface area contributed by atoms with Gasteiger partial charge in [-0.25, -0.2) is 0 Å². The van der Waals surface area contributed by atoms with Crippen molar-refractivity contribution in [2.24, 2.45) is 0 Å². The van der Waals surface area contributed by atoms with Gasteiger partial charge in [0, 0.05) is 35.1 Å². The Morgan fingerprint density at radius 3 is 2.63 bits per heavy atom. The van der Waals surface area contributed by atoms with Crippen LogP contribution in [-0.4, -0.2) is 22.6 Å². The molecule has 0 fully saturated rings. The summed E-state index contributed by atoms with van der Waals surface area (Å²) in [5.41, 5.74) is 2.49. The van der Waals surface area contributed by atoms with E-state index < -0.39 is 11.7 Å². The number of carbonyl (C=O) groups excluding carboxylic acids is 3. The van der Waals surface area contributed by atoms with Crippen LogP contribution >= 0.6 is 11.6 Å². The zero-order valence-electron chi connectivity index (χ0n) is 15.7. The molecule has 0 bridgehead atoms. The Labute approximate surface area is 177 Å². The molecule has 2 aromatic carbocycles. The summed E-state index contributed by atoms with van der Waals surface area (Å²) in [6, 6.07) is 15.1. The highest BCUT2D eigenvalue weighted by Gasteiger charge is 2.29. The molecule has 1 aliphatic heterocycles. The van der Waals surface area contributed by atoms with Crippen LogP contribution < -0.4 is 10.6 Å². The number of aromatic nitrogens is 1. The van der Waals surface area contributed by atoms with E-state index in [-0.39, 0.29) is 17.0 Å². The zero-order valence-corrected chi connectivity index (χ0v) is 16.4. The van der Waals surface area contributed by atoms with Gasteiger partial charge >= 0.3 is 0 Å². The molecular weight excluding hydrogens is 402 g/mol. The highest BCUT2D eigenvalue weighted by Crippen LogP contribution is 2.28. The van der Waals surface area contributed by atoms with E-state index >= 15 is 0 Å². The monoisotopic (exact) mass is 417 g/mol. The van der Waals surface area contributed by atoms with Gasteiger partial charge in [0.25, 0.3) is 11.8 Å². The Balaban J connectivity index is 1.59. The van der Waals surface area contributed by atoms with E-state index in [1.165, 1.54) is 12.1 Å². The Bertz CT molecular complexity index is 1190. The van der Waals surface area contributed by atoms with Crippen molar-refractivity contribution in [2.75, 3.05) is 5.32 Å². The number of pyridine rings is 1. The quantitative estimate of drug-likeness (QED) is 0.498. The number of hydrogen-bond donors (Lipinski definition) is 2. The number of nitrogens with one attached hydrogen (secondary N) is 2. The number of ketones is 1. The predicted octanol–water partition coefficient (Wildman–Crippen LogP) is 3.88. The van der Waals surface area contributed by atoms with Crippen LogP contribution in [0, 0.1) is 0 Å². The smallest absolute Gasteiger partial charge is 0.259 e. The summed E-state index contributed by atoms with van der Waals surface area (Å²) in [5.74, 6) is -1.26. The van der Waals surface area contributed by atoms with E-state index in [4.69, 9.17) is 11.6 Å². The Hall–Kier alpha value is -3.77. The third-order valence-corrected chi connectivity index (χ3v) is 4.86. The van der Waals surface area contributed by atoms with Gasteiger partial charge in [0.05, 0.1) is 11.3 Å². The molecule has 7 heteroatoms. The molecule has 0 spiro atoms. The van der Waals surface area contributed by atoms with Gasteiger partial charge in [0.2, 0.25) is 5.78 Å². The molecule has 0 saturated heterocycles. The van der Waals surface area contributed by atoms with Crippen LogP contribution in [-0.2, 0) is 11.3 Å². The summed E-state index contributed by atoms with van der Waals surface area (Å²) in [7, 11) is 0. The molecule has 1 aliphatic rings. The largest absolute Gasteiger partial charge is 0.348 e. The van der Waals surface area contributed by atoms with Gasteiger partial charge < -0.3 is 10.6 Å². The first-order chi connectivity index (χ1) is 14.5. The molecule has 0 aliphatic carbocycles. The highest BCUT2D eigenvalue weighted by atomic mass is 35.5. The Morgan fingerprint density at radius 1 is 1.07 bits per heavy atom. The predicted molar refractivity (Wildman–Crippen MR) is 114 cm³/mol. The van der Waals surface area contributed by atoms with Crippen LogP contribution in [0.15, 0.2) is 72.6 Å². The lowest BCUT2D eigenvalue weighted by atomic mass is 9.93. The third-order valence-electron chi connectivity index (χ3n) is 4.63. The second-order valence-corrected chi connectivity index (χ2v) is 7.13. The minimum atomic E-state index is -0.498. The number of nitrogens with zero attached hydrogens (tertiary/aromatic N) is 1.